The van der Waals surface area contributed by atoms with Crippen molar-refractivity contribution in [3.05, 3.63) is 54.1 Å². The molecule has 1 aliphatic heterocycles. The topological polar surface area (TPSA) is 58.6 Å². The second kappa shape index (κ2) is 7.45. The van der Waals surface area contributed by atoms with E-state index < -0.39 is 10.0 Å². The summed E-state index contributed by atoms with van der Waals surface area (Å²) in [6, 6.07) is 14.9. The van der Waals surface area contributed by atoms with Crippen LogP contribution in [-0.2, 0) is 10.0 Å². The number of sulfonamides is 1. The summed E-state index contributed by atoms with van der Waals surface area (Å²) < 4.78 is 32.7. The predicted molar refractivity (Wildman–Crippen MR) is 99.7 cm³/mol. The van der Waals surface area contributed by atoms with Gasteiger partial charge in [0.1, 0.15) is 5.75 Å². The monoisotopic (exact) mass is 360 g/mol. The van der Waals surface area contributed by atoms with Gasteiger partial charge >= 0.3 is 0 Å². The molecule has 1 saturated heterocycles. The van der Waals surface area contributed by atoms with E-state index in [2.05, 4.69) is 9.62 Å². The lowest BCUT2D eigenvalue weighted by molar-refractivity contribution is 0.415. The lowest BCUT2D eigenvalue weighted by Gasteiger charge is -2.19. The molecule has 0 spiro atoms. The standard InChI is InChI=1S/C19H24N2O3S/c1-15-3-9-19(10-4-15)25(22,23)20-13-16-11-12-21(14-16)17-5-7-18(24-2)8-6-17/h3-10,16,20H,11-14H2,1-2H3. The fourth-order valence-corrected chi connectivity index (χ4v) is 4.17. The van der Waals surface area contributed by atoms with Gasteiger partial charge < -0.3 is 9.64 Å². The maximum absolute atomic E-state index is 12.4. The van der Waals surface area contributed by atoms with E-state index in [1.807, 2.05) is 43.3 Å². The van der Waals surface area contributed by atoms with Crippen LogP contribution in [0.2, 0.25) is 0 Å². The minimum absolute atomic E-state index is 0.308. The first-order chi connectivity index (χ1) is 12.0. The molecule has 1 N–H and O–H groups in total. The Morgan fingerprint density at radius 2 is 1.80 bits per heavy atom. The van der Waals surface area contributed by atoms with Crippen LogP contribution in [-0.4, -0.2) is 35.2 Å². The third kappa shape index (κ3) is 4.32. The van der Waals surface area contributed by atoms with Crippen LogP contribution in [0.5, 0.6) is 5.75 Å². The summed E-state index contributed by atoms with van der Waals surface area (Å²) in [7, 11) is -1.79. The van der Waals surface area contributed by atoms with Crippen LogP contribution < -0.4 is 14.4 Å². The molecule has 6 heteroatoms. The van der Waals surface area contributed by atoms with Gasteiger partial charge in [0.2, 0.25) is 10.0 Å². The van der Waals surface area contributed by atoms with Gasteiger partial charge in [-0.2, -0.15) is 0 Å². The molecule has 0 aliphatic carbocycles. The van der Waals surface area contributed by atoms with Gasteiger partial charge in [0.15, 0.2) is 0 Å². The Hall–Kier alpha value is -2.05. The lowest BCUT2D eigenvalue weighted by atomic mass is 10.1. The number of anilines is 1. The lowest BCUT2D eigenvalue weighted by Crippen LogP contribution is -2.31. The minimum atomic E-state index is -3.44. The Bertz CT molecular complexity index is 802. The van der Waals surface area contributed by atoms with Crippen molar-refractivity contribution in [2.75, 3.05) is 31.6 Å². The van der Waals surface area contributed by atoms with Crippen LogP contribution in [0.15, 0.2) is 53.4 Å². The molecule has 3 rings (SSSR count). The van der Waals surface area contributed by atoms with Gasteiger partial charge in [-0.05, 0) is 55.7 Å². The van der Waals surface area contributed by atoms with E-state index in [0.717, 1.165) is 36.5 Å². The summed E-state index contributed by atoms with van der Waals surface area (Å²) in [6.45, 7) is 4.19. The number of aryl methyl sites for hydroxylation is 1. The van der Waals surface area contributed by atoms with Crippen molar-refractivity contribution in [1.29, 1.82) is 0 Å². The Kier molecular flexibility index (Phi) is 5.30. The largest absolute Gasteiger partial charge is 0.497 e. The summed E-state index contributed by atoms with van der Waals surface area (Å²) >= 11 is 0. The number of hydrogen-bond donors (Lipinski definition) is 1. The number of benzene rings is 2. The van der Waals surface area contributed by atoms with E-state index in [9.17, 15) is 8.42 Å². The molecular weight excluding hydrogens is 336 g/mol. The number of ether oxygens (including phenoxy) is 1. The minimum Gasteiger partial charge on any atom is -0.497 e. The second-order valence-corrected chi connectivity index (χ2v) is 8.23. The molecule has 2 aromatic rings. The van der Waals surface area contributed by atoms with E-state index in [4.69, 9.17) is 4.74 Å². The van der Waals surface area contributed by atoms with Crippen LogP contribution in [0.25, 0.3) is 0 Å². The van der Waals surface area contributed by atoms with Crippen LogP contribution in [0.4, 0.5) is 5.69 Å². The third-order valence-corrected chi connectivity index (χ3v) is 6.06. The van der Waals surface area contributed by atoms with E-state index in [1.54, 1.807) is 19.2 Å². The Labute approximate surface area is 149 Å². The molecule has 0 saturated carbocycles. The van der Waals surface area contributed by atoms with Crippen molar-refractivity contribution in [3.63, 3.8) is 0 Å². The zero-order chi connectivity index (χ0) is 17.9. The molecule has 0 bridgehead atoms. The number of nitrogens with zero attached hydrogens (tertiary/aromatic N) is 1. The van der Waals surface area contributed by atoms with Crippen LogP contribution >= 0.6 is 0 Å². The van der Waals surface area contributed by atoms with Gasteiger partial charge in [-0.15, -0.1) is 0 Å². The number of rotatable bonds is 6. The van der Waals surface area contributed by atoms with E-state index in [1.165, 1.54) is 0 Å². The molecular formula is C19H24N2O3S. The molecule has 1 heterocycles. The van der Waals surface area contributed by atoms with Gasteiger partial charge in [0, 0.05) is 25.3 Å². The molecule has 5 nitrogen and oxygen atoms in total. The van der Waals surface area contributed by atoms with Gasteiger partial charge in [-0.3, -0.25) is 0 Å². The second-order valence-electron chi connectivity index (χ2n) is 6.46. The first kappa shape index (κ1) is 17.8. The molecule has 1 atom stereocenters. The smallest absolute Gasteiger partial charge is 0.240 e. The van der Waals surface area contributed by atoms with E-state index >= 15 is 0 Å². The molecule has 0 amide bonds. The third-order valence-electron chi connectivity index (χ3n) is 4.62. The van der Waals surface area contributed by atoms with Crippen molar-refractivity contribution < 1.29 is 13.2 Å². The number of nitrogens with one attached hydrogen (secondary N) is 1. The van der Waals surface area contributed by atoms with Gasteiger partial charge in [-0.1, -0.05) is 17.7 Å². The SMILES string of the molecule is COc1ccc(N2CCC(CNS(=O)(=O)c3ccc(C)cc3)C2)cc1. The summed E-state index contributed by atoms with van der Waals surface area (Å²) in [5.74, 6) is 1.15. The average Bonchev–Trinajstić information content (AvgIpc) is 3.10. The molecule has 134 valence electrons. The zero-order valence-corrected chi connectivity index (χ0v) is 15.4. The quantitative estimate of drug-likeness (QED) is 0.861. The predicted octanol–water partition coefficient (Wildman–Crippen LogP) is 2.81. The molecule has 1 aliphatic rings. The number of methoxy groups -OCH3 is 1. The summed E-state index contributed by atoms with van der Waals surface area (Å²) in [4.78, 5) is 2.60. The van der Waals surface area contributed by atoms with E-state index in [0.29, 0.717) is 17.4 Å². The molecule has 0 aromatic heterocycles. The van der Waals surface area contributed by atoms with Crippen LogP contribution in [0.3, 0.4) is 0 Å². The van der Waals surface area contributed by atoms with Gasteiger partial charge in [-0.25, -0.2) is 13.1 Å². The fourth-order valence-electron chi connectivity index (χ4n) is 3.06. The fraction of sp³-hybridized carbons (Fsp3) is 0.368. The molecule has 2 aromatic carbocycles. The summed E-state index contributed by atoms with van der Waals surface area (Å²) in [5.41, 5.74) is 2.19. The first-order valence-corrected chi connectivity index (χ1v) is 9.91. The van der Waals surface area contributed by atoms with Gasteiger partial charge in [0.25, 0.3) is 0 Å². The molecule has 0 radical (unpaired) electrons. The van der Waals surface area contributed by atoms with Crippen molar-refractivity contribution in [3.8, 4) is 5.75 Å². The molecule has 1 unspecified atom stereocenters. The van der Waals surface area contributed by atoms with Crippen molar-refractivity contribution in [2.24, 2.45) is 5.92 Å². The van der Waals surface area contributed by atoms with Crippen molar-refractivity contribution >= 4 is 15.7 Å². The maximum Gasteiger partial charge on any atom is 0.240 e. The Morgan fingerprint density at radius 3 is 2.44 bits per heavy atom. The highest BCUT2D eigenvalue weighted by Crippen LogP contribution is 2.25. The number of hydrogen-bond acceptors (Lipinski definition) is 4. The van der Waals surface area contributed by atoms with Crippen molar-refractivity contribution in [2.45, 2.75) is 18.2 Å². The van der Waals surface area contributed by atoms with Gasteiger partial charge in [0.05, 0.1) is 12.0 Å². The van der Waals surface area contributed by atoms with Crippen molar-refractivity contribution in [1.82, 2.24) is 4.72 Å². The summed E-state index contributed by atoms with van der Waals surface area (Å²) in [5, 5.41) is 0. The highest BCUT2D eigenvalue weighted by Gasteiger charge is 2.24. The highest BCUT2D eigenvalue weighted by molar-refractivity contribution is 7.89. The average molecular weight is 360 g/mol. The zero-order valence-electron chi connectivity index (χ0n) is 14.6. The Morgan fingerprint density at radius 1 is 1.12 bits per heavy atom. The summed E-state index contributed by atoms with van der Waals surface area (Å²) in [6.07, 6.45) is 0.975. The van der Waals surface area contributed by atoms with E-state index in [-0.39, 0.29) is 0 Å². The molecule has 25 heavy (non-hydrogen) atoms. The highest BCUT2D eigenvalue weighted by atomic mass is 32.2. The maximum atomic E-state index is 12.4. The normalized spacial score (nSPS) is 17.7. The molecule has 1 fully saturated rings. The first-order valence-electron chi connectivity index (χ1n) is 8.43. The Balaban J connectivity index is 1.56. The van der Waals surface area contributed by atoms with Crippen LogP contribution in [0, 0.1) is 12.8 Å². The van der Waals surface area contributed by atoms with Crippen LogP contribution in [0.1, 0.15) is 12.0 Å².